The molecular weight excluding hydrogens is 408 g/mol. The Bertz CT molecular complexity index is 633. The van der Waals surface area contributed by atoms with Crippen LogP contribution in [0, 0.1) is 6.92 Å². The number of thiophene rings is 1. The van der Waals surface area contributed by atoms with Crippen molar-refractivity contribution in [2.45, 2.75) is 25.8 Å². The molecule has 1 fully saturated rings. The Labute approximate surface area is 137 Å². The van der Waals surface area contributed by atoms with E-state index >= 15 is 0 Å². The normalized spacial score (nSPS) is 18.8. The van der Waals surface area contributed by atoms with Gasteiger partial charge in [-0.05, 0) is 57.7 Å². The summed E-state index contributed by atoms with van der Waals surface area (Å²) in [5.41, 5.74) is 0.848. The zero-order chi connectivity index (χ0) is 14.3. The lowest BCUT2D eigenvalue weighted by Gasteiger charge is -2.21. The second-order valence-corrected chi connectivity index (χ2v) is 7.98. The summed E-state index contributed by atoms with van der Waals surface area (Å²) in [6, 6.07) is 3.78. The predicted octanol–water partition coefficient (Wildman–Crippen LogP) is 4.55. The third-order valence-electron chi connectivity index (χ3n) is 3.34. The van der Waals surface area contributed by atoms with Crippen molar-refractivity contribution in [1.29, 1.82) is 0 Å². The molecule has 0 aromatic carbocycles. The van der Waals surface area contributed by atoms with Gasteiger partial charge in [-0.15, -0.1) is 11.3 Å². The maximum Gasteiger partial charge on any atom is 0.264 e. The van der Waals surface area contributed by atoms with Crippen molar-refractivity contribution >= 4 is 49.1 Å². The first-order chi connectivity index (χ1) is 9.56. The number of hydrogen-bond donors (Lipinski definition) is 0. The van der Waals surface area contributed by atoms with Crippen LogP contribution in [0.2, 0.25) is 0 Å². The van der Waals surface area contributed by atoms with Crippen LogP contribution in [0.5, 0.6) is 0 Å². The largest absolute Gasteiger partial charge is 0.359 e. The van der Waals surface area contributed by atoms with Crippen molar-refractivity contribution in [3.8, 4) is 0 Å². The van der Waals surface area contributed by atoms with E-state index in [1.54, 1.807) is 0 Å². The van der Waals surface area contributed by atoms with E-state index in [4.69, 9.17) is 4.52 Å². The van der Waals surface area contributed by atoms with Crippen molar-refractivity contribution in [3.63, 3.8) is 0 Å². The zero-order valence-electron chi connectivity index (χ0n) is 10.7. The van der Waals surface area contributed by atoms with Gasteiger partial charge in [-0.3, -0.25) is 4.79 Å². The summed E-state index contributed by atoms with van der Waals surface area (Å²) in [6.07, 6.45) is 1.91. The highest BCUT2D eigenvalue weighted by Crippen LogP contribution is 2.37. The SMILES string of the molecule is Cc1cc(C2CCCN2C(=O)c2cc(Br)c(Br)s2)on1. The molecule has 0 radical (unpaired) electrons. The number of carbonyl (C=O) groups is 1. The van der Waals surface area contributed by atoms with Crippen molar-refractivity contribution in [3.05, 3.63) is 36.7 Å². The summed E-state index contributed by atoms with van der Waals surface area (Å²) in [6.45, 7) is 2.65. The highest BCUT2D eigenvalue weighted by Gasteiger charge is 2.33. The summed E-state index contributed by atoms with van der Waals surface area (Å²) >= 11 is 8.29. The van der Waals surface area contributed by atoms with Crippen molar-refractivity contribution in [2.24, 2.45) is 0 Å². The highest BCUT2D eigenvalue weighted by atomic mass is 79.9. The maximum absolute atomic E-state index is 12.6. The van der Waals surface area contributed by atoms with Crippen LogP contribution in [0.25, 0.3) is 0 Å². The summed E-state index contributed by atoms with van der Waals surface area (Å²) in [4.78, 5) is 15.2. The minimum absolute atomic E-state index is 0.00310. The number of aryl methyl sites for hydroxylation is 1. The molecule has 7 heteroatoms. The molecule has 1 aliphatic rings. The Morgan fingerprint density at radius 2 is 2.30 bits per heavy atom. The number of nitrogens with zero attached hydrogens (tertiary/aromatic N) is 2. The second-order valence-electron chi connectivity index (χ2n) is 4.76. The molecule has 1 atom stereocenters. The Morgan fingerprint density at radius 3 is 2.90 bits per heavy atom. The summed E-state index contributed by atoms with van der Waals surface area (Å²) in [5.74, 6) is 0.834. The molecule has 0 aliphatic carbocycles. The lowest BCUT2D eigenvalue weighted by molar-refractivity contribution is 0.0719. The molecule has 0 spiro atoms. The molecule has 2 aromatic rings. The molecule has 0 N–H and O–H groups in total. The average Bonchev–Trinajstić information content (AvgIpc) is 3.10. The number of carbonyl (C=O) groups excluding carboxylic acids is 1. The maximum atomic E-state index is 12.6. The molecule has 0 bridgehead atoms. The van der Waals surface area contributed by atoms with E-state index in [2.05, 4.69) is 37.0 Å². The fraction of sp³-hybridized carbons (Fsp3) is 0.385. The lowest BCUT2D eigenvalue weighted by atomic mass is 10.1. The summed E-state index contributed by atoms with van der Waals surface area (Å²) in [7, 11) is 0. The van der Waals surface area contributed by atoms with Crippen molar-refractivity contribution < 1.29 is 9.32 Å². The number of halogens is 2. The van der Waals surface area contributed by atoms with Gasteiger partial charge in [0, 0.05) is 17.1 Å². The highest BCUT2D eigenvalue weighted by molar-refractivity contribution is 9.13. The number of hydrogen-bond acceptors (Lipinski definition) is 4. The Balaban J connectivity index is 1.86. The third kappa shape index (κ3) is 2.58. The van der Waals surface area contributed by atoms with Gasteiger partial charge >= 0.3 is 0 Å². The number of likely N-dealkylation sites (tertiary alicyclic amines) is 1. The molecule has 4 nitrogen and oxygen atoms in total. The molecule has 20 heavy (non-hydrogen) atoms. The van der Waals surface area contributed by atoms with Crippen molar-refractivity contribution in [2.75, 3.05) is 6.54 Å². The van der Waals surface area contributed by atoms with Crippen LogP contribution < -0.4 is 0 Å². The molecule has 2 aromatic heterocycles. The van der Waals surface area contributed by atoms with E-state index < -0.39 is 0 Å². The zero-order valence-corrected chi connectivity index (χ0v) is 14.7. The van der Waals surface area contributed by atoms with E-state index in [-0.39, 0.29) is 11.9 Å². The third-order valence-corrected chi connectivity index (χ3v) is 6.59. The average molecular weight is 420 g/mol. The van der Waals surface area contributed by atoms with Gasteiger partial charge in [-0.1, -0.05) is 5.16 Å². The van der Waals surface area contributed by atoms with Gasteiger partial charge in [0.15, 0.2) is 5.76 Å². The van der Waals surface area contributed by atoms with Crippen LogP contribution in [0.4, 0.5) is 0 Å². The van der Waals surface area contributed by atoms with Gasteiger partial charge in [0.1, 0.15) is 0 Å². The standard InChI is InChI=1S/C13H12Br2N2O2S/c1-7-5-10(19-16-7)9-3-2-4-17(9)13(18)11-6-8(14)12(15)20-11/h5-6,9H,2-4H2,1H3. The molecule has 1 aliphatic heterocycles. The topological polar surface area (TPSA) is 46.3 Å². The van der Waals surface area contributed by atoms with Crippen LogP contribution in [0.15, 0.2) is 24.9 Å². The minimum atomic E-state index is 0.00310. The minimum Gasteiger partial charge on any atom is -0.359 e. The van der Waals surface area contributed by atoms with E-state index in [0.717, 1.165) is 44.0 Å². The van der Waals surface area contributed by atoms with E-state index in [9.17, 15) is 4.79 Å². The molecule has 1 amide bonds. The van der Waals surface area contributed by atoms with Crippen LogP contribution in [-0.4, -0.2) is 22.5 Å². The fourth-order valence-electron chi connectivity index (χ4n) is 2.44. The Kier molecular flexibility index (Phi) is 4.01. The van der Waals surface area contributed by atoms with Crippen molar-refractivity contribution in [1.82, 2.24) is 10.1 Å². The fourth-order valence-corrected chi connectivity index (χ4v) is 4.43. The molecule has 1 unspecified atom stereocenters. The molecule has 106 valence electrons. The smallest absolute Gasteiger partial charge is 0.264 e. The molecule has 3 heterocycles. The van der Waals surface area contributed by atoms with Crippen LogP contribution in [0.1, 0.15) is 40.0 Å². The Hall–Kier alpha value is -0.660. The van der Waals surface area contributed by atoms with Gasteiger partial charge in [0.25, 0.3) is 5.91 Å². The summed E-state index contributed by atoms with van der Waals surface area (Å²) in [5, 5.41) is 3.92. The van der Waals surface area contributed by atoms with E-state index in [1.807, 2.05) is 24.0 Å². The van der Waals surface area contributed by atoms with Gasteiger partial charge < -0.3 is 9.42 Å². The monoisotopic (exact) mass is 418 g/mol. The van der Waals surface area contributed by atoms with Crippen LogP contribution in [0.3, 0.4) is 0 Å². The van der Waals surface area contributed by atoms with Gasteiger partial charge in [0.05, 0.1) is 20.4 Å². The van der Waals surface area contributed by atoms with E-state index in [1.165, 1.54) is 11.3 Å². The number of aromatic nitrogens is 1. The summed E-state index contributed by atoms with van der Waals surface area (Å²) < 4.78 is 7.19. The Morgan fingerprint density at radius 1 is 1.50 bits per heavy atom. The molecule has 1 saturated heterocycles. The first-order valence-electron chi connectivity index (χ1n) is 6.25. The molecule has 0 saturated carbocycles. The van der Waals surface area contributed by atoms with Gasteiger partial charge in [0.2, 0.25) is 0 Å². The number of amides is 1. The molecular formula is C13H12Br2N2O2S. The molecule has 3 rings (SSSR count). The van der Waals surface area contributed by atoms with Crippen LogP contribution >= 0.6 is 43.2 Å². The first kappa shape index (κ1) is 14.3. The second kappa shape index (κ2) is 5.61. The lowest BCUT2D eigenvalue weighted by Crippen LogP contribution is -2.29. The van der Waals surface area contributed by atoms with Gasteiger partial charge in [-0.25, -0.2) is 0 Å². The predicted molar refractivity (Wildman–Crippen MR) is 84.0 cm³/mol. The first-order valence-corrected chi connectivity index (χ1v) is 8.65. The van der Waals surface area contributed by atoms with Crippen LogP contribution in [-0.2, 0) is 0 Å². The quantitative estimate of drug-likeness (QED) is 0.717. The van der Waals surface area contributed by atoms with Gasteiger partial charge in [-0.2, -0.15) is 0 Å². The van der Waals surface area contributed by atoms with E-state index in [0.29, 0.717) is 0 Å². The number of rotatable bonds is 2.